The molecule has 2 nitrogen and oxygen atoms in total. The Morgan fingerprint density at radius 3 is 0.892 bits per heavy atom. The molecule has 0 saturated heterocycles. The van der Waals surface area contributed by atoms with Gasteiger partial charge in [0.05, 0.1) is 22.7 Å². The third-order valence-corrected chi connectivity index (χ3v) is 14.2. The molecule has 12 rings (SSSR count). The molecule has 0 unspecified atom stereocenters. The minimum Gasteiger partial charge on any atom is -0.307 e. The quantitative estimate of drug-likeness (QED) is 0.0995. The van der Waals surface area contributed by atoms with E-state index in [2.05, 4.69) is 161 Å². The fraction of sp³-hybridized carbons (Fsp3) is 0.0588. The van der Waals surface area contributed by atoms with Crippen molar-refractivity contribution in [3.63, 3.8) is 0 Å². The van der Waals surface area contributed by atoms with E-state index in [0.717, 1.165) is 111 Å². The van der Waals surface area contributed by atoms with Gasteiger partial charge in [-0.3, -0.25) is 0 Å². The Hall–Kier alpha value is -9.00. The summed E-state index contributed by atoms with van der Waals surface area (Å²) in [6, 6.07) is 69.6. The van der Waals surface area contributed by atoms with Crippen molar-refractivity contribution >= 4 is 66.4 Å². The first-order chi connectivity index (χ1) is 35.9. The molecule has 0 aromatic heterocycles. The molecular formula is C68H48F4N2. The zero-order chi connectivity index (χ0) is 50.8. The van der Waals surface area contributed by atoms with E-state index in [9.17, 15) is 8.78 Å². The van der Waals surface area contributed by atoms with Gasteiger partial charge in [-0.1, -0.05) is 156 Å². The molecule has 12 aromatic carbocycles. The minimum absolute atomic E-state index is 0.176. The summed E-state index contributed by atoms with van der Waals surface area (Å²) in [4.78, 5) is 3.79. The van der Waals surface area contributed by atoms with Crippen LogP contribution >= 0.6 is 0 Å². The predicted molar refractivity (Wildman–Crippen MR) is 300 cm³/mol. The van der Waals surface area contributed by atoms with Crippen LogP contribution in [-0.2, 0) is 0 Å². The van der Waals surface area contributed by atoms with Gasteiger partial charge in [0.1, 0.15) is 23.3 Å². The van der Waals surface area contributed by atoms with E-state index in [1.165, 1.54) is 24.3 Å². The maximum atomic E-state index is 16.7. The zero-order valence-electron chi connectivity index (χ0n) is 41.2. The first-order valence-corrected chi connectivity index (χ1v) is 24.7. The largest absolute Gasteiger partial charge is 0.307 e. The second-order valence-electron chi connectivity index (χ2n) is 19.5. The van der Waals surface area contributed by atoms with Crippen LogP contribution in [0.3, 0.4) is 0 Å². The van der Waals surface area contributed by atoms with E-state index >= 15 is 8.78 Å². The molecule has 0 atom stereocenters. The summed E-state index contributed by atoms with van der Waals surface area (Å²) >= 11 is 0. The number of rotatable bonds is 10. The summed E-state index contributed by atoms with van der Waals surface area (Å²) in [7, 11) is 0. The van der Waals surface area contributed by atoms with Gasteiger partial charge >= 0.3 is 0 Å². The number of benzene rings is 12. The average molecular weight is 969 g/mol. The Morgan fingerprint density at radius 2 is 0.581 bits per heavy atom. The van der Waals surface area contributed by atoms with Crippen LogP contribution in [0.2, 0.25) is 0 Å². The summed E-state index contributed by atoms with van der Waals surface area (Å²) in [5, 5.41) is 5.35. The van der Waals surface area contributed by atoms with Crippen LogP contribution in [0, 0.1) is 51.0 Å². The normalized spacial score (nSPS) is 11.5. The molecule has 0 saturated carbocycles. The SMILES string of the molecule is Cc1cccc(-c2cc(-c3cccc(C)c3)cc(N(c3ccc(F)cc3F)c3ccc4ccc5c(N(c6cc(-c7cccc(C)c7)cc(-c7cccc(C)c7)c6)c6ccc(F)cc6F)ccc6ccc3c4c65)c2)c1. The van der Waals surface area contributed by atoms with Crippen molar-refractivity contribution in [3.8, 4) is 44.5 Å². The lowest BCUT2D eigenvalue weighted by atomic mass is 9.91. The van der Waals surface area contributed by atoms with Crippen molar-refractivity contribution in [3.05, 3.63) is 264 Å². The second kappa shape index (κ2) is 18.6. The highest BCUT2D eigenvalue weighted by Gasteiger charge is 2.26. The van der Waals surface area contributed by atoms with E-state index in [0.29, 0.717) is 22.7 Å². The number of halogens is 4. The minimum atomic E-state index is -0.717. The molecule has 0 spiro atoms. The molecular weight excluding hydrogens is 921 g/mol. The highest BCUT2D eigenvalue weighted by atomic mass is 19.1. The van der Waals surface area contributed by atoms with Gasteiger partial charge in [0.25, 0.3) is 0 Å². The first-order valence-electron chi connectivity index (χ1n) is 24.7. The Kier molecular flexibility index (Phi) is 11.6. The van der Waals surface area contributed by atoms with Crippen molar-refractivity contribution < 1.29 is 17.6 Å². The monoisotopic (exact) mass is 968 g/mol. The van der Waals surface area contributed by atoms with E-state index in [1.54, 1.807) is 0 Å². The fourth-order valence-electron chi connectivity index (χ4n) is 10.7. The molecule has 6 heteroatoms. The van der Waals surface area contributed by atoms with Crippen molar-refractivity contribution in [2.75, 3.05) is 9.80 Å². The molecule has 0 radical (unpaired) electrons. The lowest BCUT2D eigenvalue weighted by Crippen LogP contribution is -2.14. The van der Waals surface area contributed by atoms with Gasteiger partial charge in [-0.2, -0.15) is 0 Å². The molecule has 0 aliphatic rings. The first kappa shape index (κ1) is 46.1. The van der Waals surface area contributed by atoms with E-state index in [1.807, 2.05) is 58.3 Å². The van der Waals surface area contributed by atoms with Crippen LogP contribution in [0.5, 0.6) is 0 Å². The number of anilines is 6. The Labute approximate surface area is 428 Å². The van der Waals surface area contributed by atoms with Gasteiger partial charge in [0.2, 0.25) is 0 Å². The van der Waals surface area contributed by atoms with Crippen LogP contribution in [-0.4, -0.2) is 0 Å². The van der Waals surface area contributed by atoms with Gasteiger partial charge in [0, 0.05) is 34.3 Å². The maximum absolute atomic E-state index is 16.7. The zero-order valence-corrected chi connectivity index (χ0v) is 41.2. The number of hydrogen-bond acceptors (Lipinski definition) is 2. The van der Waals surface area contributed by atoms with Crippen LogP contribution in [0.25, 0.3) is 76.8 Å². The second-order valence-corrected chi connectivity index (χ2v) is 19.5. The Bertz CT molecular complexity index is 3760. The van der Waals surface area contributed by atoms with Gasteiger partial charge in [0.15, 0.2) is 0 Å². The summed E-state index contributed by atoms with van der Waals surface area (Å²) < 4.78 is 63.3. The van der Waals surface area contributed by atoms with E-state index < -0.39 is 23.3 Å². The highest BCUT2D eigenvalue weighted by Crippen LogP contribution is 2.50. The lowest BCUT2D eigenvalue weighted by Gasteiger charge is -2.30. The van der Waals surface area contributed by atoms with Crippen molar-refractivity contribution in [1.82, 2.24) is 0 Å². The van der Waals surface area contributed by atoms with Crippen LogP contribution in [0.15, 0.2) is 218 Å². The van der Waals surface area contributed by atoms with Crippen molar-refractivity contribution in [2.24, 2.45) is 0 Å². The third kappa shape index (κ3) is 8.48. The maximum Gasteiger partial charge on any atom is 0.150 e. The molecule has 0 aliphatic heterocycles. The van der Waals surface area contributed by atoms with E-state index in [4.69, 9.17) is 0 Å². The van der Waals surface area contributed by atoms with Gasteiger partial charge in [-0.25, -0.2) is 17.6 Å². The molecule has 12 aromatic rings. The molecule has 0 N–H and O–H groups in total. The third-order valence-electron chi connectivity index (χ3n) is 14.2. The summed E-state index contributed by atoms with van der Waals surface area (Å²) in [6.07, 6.45) is 0. The molecule has 0 heterocycles. The van der Waals surface area contributed by atoms with Crippen LogP contribution in [0.1, 0.15) is 22.3 Å². The van der Waals surface area contributed by atoms with Crippen molar-refractivity contribution in [2.45, 2.75) is 27.7 Å². The smallest absolute Gasteiger partial charge is 0.150 e. The number of hydrogen-bond donors (Lipinski definition) is 0. The molecule has 0 amide bonds. The fourth-order valence-corrected chi connectivity index (χ4v) is 10.7. The summed E-state index contributed by atoms with van der Waals surface area (Å²) in [5.41, 5.74) is 15.2. The summed E-state index contributed by atoms with van der Waals surface area (Å²) in [5.74, 6) is -2.79. The van der Waals surface area contributed by atoms with Gasteiger partial charge in [-0.05, 0) is 167 Å². The highest BCUT2D eigenvalue weighted by molar-refractivity contribution is 6.28. The lowest BCUT2D eigenvalue weighted by molar-refractivity contribution is 0.583. The van der Waals surface area contributed by atoms with Gasteiger partial charge < -0.3 is 9.80 Å². The molecule has 0 bridgehead atoms. The van der Waals surface area contributed by atoms with Crippen molar-refractivity contribution in [1.29, 1.82) is 0 Å². The average Bonchev–Trinajstić information content (AvgIpc) is 3.41. The van der Waals surface area contributed by atoms with Crippen LogP contribution in [0.4, 0.5) is 51.7 Å². The molecule has 0 fully saturated rings. The summed E-state index contributed by atoms with van der Waals surface area (Å²) in [6.45, 7) is 8.25. The van der Waals surface area contributed by atoms with E-state index in [-0.39, 0.29) is 11.4 Å². The predicted octanol–water partition coefficient (Wildman–Crippen LogP) is 20.0. The molecule has 74 heavy (non-hydrogen) atoms. The van der Waals surface area contributed by atoms with Gasteiger partial charge in [-0.15, -0.1) is 0 Å². The standard InChI is InChI=1S/C68H48F4N2/c1-41-9-5-13-47(29-41)51-33-52(48-14-6-10-42(2)30-48)36-57(35-51)73(65-27-21-55(69)39-61(65)71)63-25-19-45-18-24-60-64(26-20-46-17-23-59(63)67(45)68(46)60)74(66-28-22-56(70)40-62(66)72)58-37-53(49-15-7-11-43(3)31-49)34-54(38-58)50-16-8-12-44(4)32-50/h5-40H,1-4H3. The molecule has 0 aliphatic carbocycles. The topological polar surface area (TPSA) is 6.48 Å². The number of aryl methyl sites for hydroxylation is 4. The Balaban J connectivity index is 1.12. The molecule has 358 valence electrons. The Morgan fingerprint density at radius 1 is 0.270 bits per heavy atom. The van der Waals surface area contributed by atoms with Crippen LogP contribution < -0.4 is 9.80 Å². The number of nitrogens with zero attached hydrogens (tertiary/aromatic N) is 2.